The Morgan fingerprint density at radius 3 is 0.761 bits per heavy atom. The second-order valence-electron chi connectivity index (χ2n) is 32.3. The number of aromatic nitrogens is 3. The van der Waals surface area contributed by atoms with Crippen molar-refractivity contribution >= 4 is 215 Å². The summed E-state index contributed by atoms with van der Waals surface area (Å²) in [5, 5.41) is 21.5. The molecule has 0 aliphatic rings. The Morgan fingerprint density at radius 2 is 0.453 bits per heavy atom. The second kappa shape index (κ2) is 29.1. The molecule has 570 valence electrons. The van der Waals surface area contributed by atoms with Gasteiger partial charge in [-0.05, 0) is 197 Å². The van der Waals surface area contributed by atoms with Crippen LogP contribution in [0.25, 0.3) is 164 Å². The summed E-state index contributed by atoms with van der Waals surface area (Å²) in [5.41, 5.74) is 22.6. The predicted molar refractivity (Wildman–Crippen MR) is 496 cm³/mol. The molecule has 0 fully saturated rings. The third kappa shape index (κ3) is 11.9. The smallest absolute Gasteiger partial charge is 0.135 e. The Balaban J connectivity index is 0.866. The molecule has 6 aromatic heterocycles. The van der Waals surface area contributed by atoms with Crippen LogP contribution in [0.3, 0.4) is 0 Å². The lowest BCUT2D eigenvalue weighted by atomic mass is 10.0. The van der Waals surface area contributed by atoms with E-state index >= 15 is 0 Å². The normalized spacial score (nSPS) is 12.2. The van der Waals surface area contributed by atoms with Crippen LogP contribution in [-0.4, -0.2) is 13.7 Å². The number of benzene rings is 16. The van der Waals surface area contributed by atoms with Crippen molar-refractivity contribution in [2.24, 2.45) is 0 Å². The number of anilines is 9. The number of hydrogen-bond acceptors (Lipinski definition) is 6. The molecule has 9 nitrogen and oxygen atoms in total. The van der Waals surface area contributed by atoms with E-state index in [2.05, 4.69) is 359 Å². The maximum atomic E-state index is 6.58. The highest BCUT2D eigenvalue weighted by Crippen LogP contribution is 2.53. The average molecular weight is 1520 g/mol. The molecule has 0 amide bonds. The third-order valence-corrected chi connectivity index (χ3v) is 25.2. The van der Waals surface area contributed by atoms with Crippen molar-refractivity contribution in [3.8, 4) is 0 Å². The molecule has 0 saturated carbocycles. The van der Waals surface area contributed by atoms with Crippen LogP contribution in [0.15, 0.2) is 323 Å². The molecule has 0 aliphatic carbocycles. The van der Waals surface area contributed by atoms with Crippen molar-refractivity contribution in [2.75, 3.05) is 14.7 Å². The number of fused-ring (bicyclic) bond motifs is 24. The molecule has 0 bridgehead atoms. The van der Waals surface area contributed by atoms with E-state index in [1.807, 2.05) is 0 Å². The maximum Gasteiger partial charge on any atom is 0.135 e. The standard InChI is InChI=1S/C108H90N6O3/c1-4-7-10-25-58-109-94-67-82(112(76-43-40-70-28-13-16-31-73(70)61-76)79-49-55-100-91(64-79)85-34-19-22-37-97(85)115-100)46-52-88(94)103-106(109)104-89-53-47-83(113(77-44-41-71-29-14-17-32-74(71)62-77)80-50-56-101-92(65-80)86-35-20-23-38-98(86)116-101)68-95(89)110(59-26-11-8-5-2)108(104)105-90-54-48-84(69-96(90)111(107(103)105)60-27-12-9-6-3)114(78-45-42-72-30-15-18-33-75(72)63-78)81-51-57-102-93(66-81)87-36-21-24-39-99(87)117-102/h13-24,28-57,61-69H,4-12,25-27,58-60H2,1-3H3. The van der Waals surface area contributed by atoms with Gasteiger partial charge in [-0.15, -0.1) is 0 Å². The molecule has 0 unspecified atom stereocenters. The Hall–Kier alpha value is -13.5. The van der Waals surface area contributed by atoms with Crippen LogP contribution in [0.5, 0.6) is 0 Å². The van der Waals surface area contributed by atoms with E-state index < -0.39 is 0 Å². The van der Waals surface area contributed by atoms with Crippen molar-refractivity contribution in [3.63, 3.8) is 0 Å². The van der Waals surface area contributed by atoms with E-state index in [4.69, 9.17) is 13.3 Å². The van der Waals surface area contributed by atoms with Gasteiger partial charge in [0.05, 0.1) is 33.1 Å². The van der Waals surface area contributed by atoms with Crippen LogP contribution >= 0.6 is 0 Å². The highest BCUT2D eigenvalue weighted by molar-refractivity contribution is 6.40. The predicted octanol–water partition coefficient (Wildman–Crippen LogP) is 32.3. The Kier molecular flexibility index (Phi) is 17.4. The fraction of sp³-hybridized carbons (Fsp3) is 0.167. The molecular weight excluding hydrogens is 1430 g/mol. The minimum atomic E-state index is 0.840. The van der Waals surface area contributed by atoms with Crippen LogP contribution in [0, 0.1) is 0 Å². The first-order chi connectivity index (χ1) is 57.9. The molecule has 6 heterocycles. The summed E-state index contributed by atoms with van der Waals surface area (Å²) < 4.78 is 28.1. The van der Waals surface area contributed by atoms with Gasteiger partial charge < -0.3 is 41.7 Å². The molecule has 22 rings (SSSR count). The van der Waals surface area contributed by atoms with E-state index in [-0.39, 0.29) is 0 Å². The van der Waals surface area contributed by atoms with E-state index in [0.29, 0.717) is 0 Å². The van der Waals surface area contributed by atoms with Crippen LogP contribution in [0.1, 0.15) is 97.8 Å². The molecule has 22 aromatic rings. The summed E-state index contributed by atoms with van der Waals surface area (Å²) in [5.74, 6) is 0. The number of rotatable bonds is 24. The zero-order valence-corrected chi connectivity index (χ0v) is 66.5. The molecule has 9 heteroatoms. The Labute approximate surface area is 678 Å². The molecular formula is C108H90N6O3. The summed E-state index contributed by atoms with van der Waals surface area (Å²) in [4.78, 5) is 7.49. The molecule has 16 aromatic carbocycles. The number of nitrogens with zero attached hydrogens (tertiary/aromatic N) is 6. The first kappa shape index (κ1) is 70.2. The van der Waals surface area contributed by atoms with Crippen LogP contribution in [0.2, 0.25) is 0 Å². The van der Waals surface area contributed by atoms with Crippen molar-refractivity contribution in [3.05, 3.63) is 309 Å². The topological polar surface area (TPSA) is 63.9 Å². The SMILES string of the molecule is CCCCCCn1c2cc(N(c3ccc4ccccc4c3)c3ccc4oc5ccccc5c4c3)ccc2c2c1c1c3ccc(N(c4ccc5ccccc5c4)c4ccc5oc6ccccc6c5c4)cc3n(CCCCCC)c1c1c3ccc(N(c4ccc5ccccc5c4)c4ccc5oc6ccccc6c5c4)cc3n(CCCCCC)c21. The van der Waals surface area contributed by atoms with Gasteiger partial charge in [0.2, 0.25) is 0 Å². The quantitative estimate of drug-likeness (QED) is 0.0562. The third-order valence-electron chi connectivity index (χ3n) is 25.2. The van der Waals surface area contributed by atoms with Gasteiger partial charge in [-0.25, -0.2) is 0 Å². The number of hydrogen-bond donors (Lipinski definition) is 0. The first-order valence-corrected chi connectivity index (χ1v) is 42.5. The zero-order chi connectivity index (χ0) is 77.8. The molecule has 0 N–H and O–H groups in total. The summed E-state index contributed by atoms with van der Waals surface area (Å²) in [6.07, 6.45) is 13.4. The number of aryl methyl sites for hydroxylation is 3. The molecule has 0 radical (unpaired) electrons. The van der Waals surface area contributed by atoms with Crippen LogP contribution in [0.4, 0.5) is 51.2 Å². The lowest BCUT2D eigenvalue weighted by Crippen LogP contribution is -2.10. The molecule has 0 atom stereocenters. The van der Waals surface area contributed by atoms with Crippen molar-refractivity contribution in [1.82, 2.24) is 13.7 Å². The van der Waals surface area contributed by atoms with E-state index in [1.54, 1.807) is 0 Å². The van der Waals surface area contributed by atoms with Gasteiger partial charge in [-0.2, -0.15) is 0 Å². The van der Waals surface area contributed by atoms with Crippen molar-refractivity contribution < 1.29 is 13.3 Å². The number of furan rings is 3. The number of unbranched alkanes of at least 4 members (excludes halogenated alkanes) is 9. The van der Waals surface area contributed by atoms with Crippen LogP contribution in [-0.2, 0) is 19.6 Å². The fourth-order valence-corrected chi connectivity index (χ4v) is 19.6. The molecule has 0 aliphatic heterocycles. The van der Waals surface area contributed by atoms with Gasteiger partial charge in [0.15, 0.2) is 0 Å². The van der Waals surface area contributed by atoms with Gasteiger partial charge in [-0.1, -0.05) is 242 Å². The average Bonchev–Trinajstić information content (AvgIpc) is 1.51. The van der Waals surface area contributed by atoms with E-state index in [0.717, 1.165) is 214 Å². The lowest BCUT2D eigenvalue weighted by molar-refractivity contribution is 0.600. The molecule has 117 heavy (non-hydrogen) atoms. The first-order valence-electron chi connectivity index (χ1n) is 42.5. The number of para-hydroxylation sites is 3. The van der Waals surface area contributed by atoms with Gasteiger partial charge >= 0.3 is 0 Å². The highest BCUT2D eigenvalue weighted by Gasteiger charge is 2.31. The largest absolute Gasteiger partial charge is 0.456 e. The summed E-state index contributed by atoms with van der Waals surface area (Å²) in [7, 11) is 0. The van der Waals surface area contributed by atoms with Gasteiger partial charge in [0, 0.05) is 135 Å². The minimum absolute atomic E-state index is 0.840. The lowest BCUT2D eigenvalue weighted by Gasteiger charge is -2.26. The Bertz CT molecular complexity index is 6920. The van der Waals surface area contributed by atoms with Gasteiger partial charge in [0.1, 0.15) is 33.5 Å². The molecule has 0 spiro atoms. The van der Waals surface area contributed by atoms with Gasteiger partial charge in [0.25, 0.3) is 0 Å². The Morgan fingerprint density at radius 1 is 0.205 bits per heavy atom. The summed E-state index contributed by atoms with van der Waals surface area (Å²) in [6.45, 7) is 9.54. The van der Waals surface area contributed by atoms with Crippen molar-refractivity contribution in [1.29, 1.82) is 0 Å². The van der Waals surface area contributed by atoms with E-state index in [1.165, 1.54) is 97.7 Å². The highest BCUT2D eigenvalue weighted by atomic mass is 16.3. The van der Waals surface area contributed by atoms with Crippen LogP contribution < -0.4 is 14.7 Å². The minimum Gasteiger partial charge on any atom is -0.456 e. The molecule has 0 saturated heterocycles. The fourth-order valence-electron chi connectivity index (χ4n) is 19.6. The second-order valence-corrected chi connectivity index (χ2v) is 32.3. The maximum absolute atomic E-state index is 6.58. The van der Waals surface area contributed by atoms with E-state index in [9.17, 15) is 0 Å². The zero-order valence-electron chi connectivity index (χ0n) is 66.5. The van der Waals surface area contributed by atoms with Gasteiger partial charge in [-0.3, -0.25) is 0 Å². The monoisotopic (exact) mass is 1520 g/mol. The van der Waals surface area contributed by atoms with Crippen molar-refractivity contribution in [2.45, 2.75) is 117 Å². The summed E-state index contributed by atoms with van der Waals surface area (Å²) >= 11 is 0. The summed E-state index contributed by atoms with van der Waals surface area (Å²) in [6, 6.07) is 115.